The third-order valence-electron chi connectivity index (χ3n) is 2.57. The molecule has 0 radical (unpaired) electrons. The van der Waals surface area contributed by atoms with Crippen molar-refractivity contribution in [1.82, 2.24) is 0 Å². The third kappa shape index (κ3) is 5.08. The van der Waals surface area contributed by atoms with Gasteiger partial charge in [-0.2, -0.15) is 0 Å². The molecule has 0 amide bonds. The van der Waals surface area contributed by atoms with E-state index in [9.17, 15) is 4.79 Å². The average Bonchev–Trinajstić information content (AvgIpc) is 2.34. The lowest BCUT2D eigenvalue weighted by atomic mass is 10.1. The minimum absolute atomic E-state index is 0.0812. The Bertz CT molecular complexity index is 282. The predicted molar refractivity (Wildman–Crippen MR) is 65.2 cm³/mol. The van der Waals surface area contributed by atoms with Gasteiger partial charge in [0.2, 0.25) is 0 Å². The lowest BCUT2D eigenvalue weighted by Gasteiger charge is -2.15. The van der Waals surface area contributed by atoms with Gasteiger partial charge in [0, 0.05) is 6.42 Å². The van der Waals surface area contributed by atoms with Crippen molar-refractivity contribution < 1.29 is 9.53 Å². The molecule has 1 aromatic carbocycles. The molecule has 16 heavy (non-hydrogen) atoms. The number of hydrogen-bond donors (Lipinski definition) is 0. The zero-order valence-corrected chi connectivity index (χ0v) is 9.89. The molecular weight excluding hydrogens is 200 g/mol. The first kappa shape index (κ1) is 12.9. The van der Waals surface area contributed by atoms with Gasteiger partial charge in [0.1, 0.15) is 6.29 Å². The van der Waals surface area contributed by atoms with Crippen molar-refractivity contribution in [2.45, 2.75) is 45.3 Å². The van der Waals surface area contributed by atoms with E-state index in [1.165, 1.54) is 0 Å². The summed E-state index contributed by atoms with van der Waals surface area (Å²) >= 11 is 0. The van der Waals surface area contributed by atoms with Gasteiger partial charge < -0.3 is 9.53 Å². The van der Waals surface area contributed by atoms with Crippen molar-refractivity contribution >= 4 is 6.29 Å². The maximum atomic E-state index is 10.5. The second-order valence-electron chi connectivity index (χ2n) is 3.96. The molecule has 0 aliphatic carbocycles. The Balaban J connectivity index is 2.34. The molecule has 0 bridgehead atoms. The molecule has 1 rings (SSSR count). The summed E-state index contributed by atoms with van der Waals surface area (Å²) in [5.41, 5.74) is 1.16. The average molecular weight is 220 g/mol. The van der Waals surface area contributed by atoms with E-state index in [-0.39, 0.29) is 6.10 Å². The first-order valence-corrected chi connectivity index (χ1v) is 5.96. The van der Waals surface area contributed by atoms with Gasteiger partial charge >= 0.3 is 0 Å². The number of unbranched alkanes of at least 4 members (excludes halogenated alkanes) is 1. The maximum Gasteiger partial charge on any atom is 0.122 e. The molecule has 0 saturated heterocycles. The van der Waals surface area contributed by atoms with Crippen LogP contribution < -0.4 is 0 Å². The van der Waals surface area contributed by atoms with Gasteiger partial charge in [-0.1, -0.05) is 50.1 Å². The van der Waals surface area contributed by atoms with Crippen LogP contribution >= 0.6 is 0 Å². The van der Waals surface area contributed by atoms with Crippen LogP contribution in [0.5, 0.6) is 0 Å². The van der Waals surface area contributed by atoms with Gasteiger partial charge in [-0.25, -0.2) is 0 Å². The number of benzene rings is 1. The van der Waals surface area contributed by atoms with Gasteiger partial charge in [-0.05, 0) is 12.0 Å². The highest BCUT2D eigenvalue weighted by Gasteiger charge is 2.07. The summed E-state index contributed by atoms with van der Waals surface area (Å²) in [5.74, 6) is 0. The standard InChI is InChI=1S/C14H20O2/c1-2-3-9-14(10-11-15)16-12-13-7-5-4-6-8-13/h4-8,11,14H,2-3,9-10,12H2,1H3. The lowest BCUT2D eigenvalue weighted by molar-refractivity contribution is -0.110. The van der Waals surface area contributed by atoms with Crippen molar-refractivity contribution in [2.75, 3.05) is 0 Å². The Kier molecular flexibility index (Phi) is 6.50. The Labute approximate surface area is 97.6 Å². The van der Waals surface area contributed by atoms with E-state index in [4.69, 9.17) is 4.74 Å². The van der Waals surface area contributed by atoms with Crippen LogP contribution in [-0.2, 0) is 16.1 Å². The Morgan fingerprint density at radius 2 is 2.06 bits per heavy atom. The molecular formula is C14H20O2. The minimum atomic E-state index is 0.0812. The molecule has 1 atom stereocenters. The van der Waals surface area contributed by atoms with Crippen LogP contribution in [0.15, 0.2) is 30.3 Å². The van der Waals surface area contributed by atoms with E-state index in [0.717, 1.165) is 31.1 Å². The highest BCUT2D eigenvalue weighted by atomic mass is 16.5. The van der Waals surface area contributed by atoms with E-state index in [2.05, 4.69) is 6.92 Å². The fourth-order valence-electron chi connectivity index (χ4n) is 1.60. The van der Waals surface area contributed by atoms with Crippen molar-refractivity contribution in [3.05, 3.63) is 35.9 Å². The second-order valence-corrected chi connectivity index (χ2v) is 3.96. The molecule has 0 saturated carbocycles. The normalized spacial score (nSPS) is 12.3. The fraction of sp³-hybridized carbons (Fsp3) is 0.500. The van der Waals surface area contributed by atoms with Crippen molar-refractivity contribution in [1.29, 1.82) is 0 Å². The van der Waals surface area contributed by atoms with E-state index in [1.54, 1.807) is 0 Å². The molecule has 0 aliphatic heterocycles. The van der Waals surface area contributed by atoms with Crippen molar-refractivity contribution in [2.24, 2.45) is 0 Å². The summed E-state index contributed by atoms with van der Waals surface area (Å²) in [5, 5.41) is 0. The first-order chi connectivity index (χ1) is 7.86. The summed E-state index contributed by atoms with van der Waals surface area (Å²) in [6.45, 7) is 2.75. The SMILES string of the molecule is CCCCC(CC=O)OCc1ccccc1. The number of hydrogen-bond acceptors (Lipinski definition) is 2. The molecule has 1 aromatic rings. The summed E-state index contributed by atoms with van der Waals surface area (Å²) < 4.78 is 5.74. The fourth-order valence-corrected chi connectivity index (χ4v) is 1.60. The van der Waals surface area contributed by atoms with Gasteiger partial charge in [0.15, 0.2) is 0 Å². The van der Waals surface area contributed by atoms with Crippen LogP contribution in [0.25, 0.3) is 0 Å². The predicted octanol–water partition coefficient (Wildman–Crippen LogP) is 3.35. The molecule has 0 N–H and O–H groups in total. The quantitative estimate of drug-likeness (QED) is 0.628. The third-order valence-corrected chi connectivity index (χ3v) is 2.57. The minimum Gasteiger partial charge on any atom is -0.373 e. The first-order valence-electron chi connectivity index (χ1n) is 5.96. The van der Waals surface area contributed by atoms with Crippen LogP contribution in [0.3, 0.4) is 0 Å². The molecule has 0 heterocycles. The van der Waals surface area contributed by atoms with Crippen LogP contribution in [0.2, 0.25) is 0 Å². The zero-order valence-electron chi connectivity index (χ0n) is 9.89. The van der Waals surface area contributed by atoms with Crippen molar-refractivity contribution in [3.63, 3.8) is 0 Å². The van der Waals surface area contributed by atoms with Gasteiger partial charge in [-0.15, -0.1) is 0 Å². The van der Waals surface area contributed by atoms with E-state index < -0.39 is 0 Å². The zero-order chi connectivity index (χ0) is 11.6. The highest BCUT2D eigenvalue weighted by Crippen LogP contribution is 2.11. The topological polar surface area (TPSA) is 26.3 Å². The smallest absolute Gasteiger partial charge is 0.122 e. The van der Waals surface area contributed by atoms with Crippen molar-refractivity contribution in [3.8, 4) is 0 Å². The molecule has 0 fully saturated rings. The number of carbonyl (C=O) groups excluding carboxylic acids is 1. The van der Waals surface area contributed by atoms with Crippen LogP contribution in [0.1, 0.15) is 38.2 Å². The highest BCUT2D eigenvalue weighted by molar-refractivity contribution is 5.50. The number of aldehydes is 1. The molecule has 2 heteroatoms. The summed E-state index contributed by atoms with van der Waals surface area (Å²) in [6.07, 6.45) is 4.77. The molecule has 2 nitrogen and oxygen atoms in total. The van der Waals surface area contributed by atoms with Crippen LogP contribution in [0, 0.1) is 0 Å². The molecule has 0 spiro atoms. The summed E-state index contributed by atoms with van der Waals surface area (Å²) in [7, 11) is 0. The van der Waals surface area contributed by atoms with E-state index in [1.807, 2.05) is 30.3 Å². The van der Waals surface area contributed by atoms with E-state index >= 15 is 0 Å². The maximum absolute atomic E-state index is 10.5. The van der Waals surface area contributed by atoms with E-state index in [0.29, 0.717) is 13.0 Å². The molecule has 88 valence electrons. The number of rotatable bonds is 8. The molecule has 0 aromatic heterocycles. The Morgan fingerprint density at radius 1 is 1.31 bits per heavy atom. The Hall–Kier alpha value is -1.15. The molecule has 1 unspecified atom stereocenters. The number of carbonyl (C=O) groups is 1. The summed E-state index contributed by atoms with van der Waals surface area (Å²) in [6, 6.07) is 10.1. The van der Waals surface area contributed by atoms with Crippen LogP contribution in [-0.4, -0.2) is 12.4 Å². The molecule has 0 aliphatic rings. The van der Waals surface area contributed by atoms with Gasteiger partial charge in [0.05, 0.1) is 12.7 Å². The monoisotopic (exact) mass is 220 g/mol. The Morgan fingerprint density at radius 3 is 2.69 bits per heavy atom. The largest absolute Gasteiger partial charge is 0.373 e. The van der Waals surface area contributed by atoms with Gasteiger partial charge in [-0.3, -0.25) is 0 Å². The summed E-state index contributed by atoms with van der Waals surface area (Å²) in [4.78, 5) is 10.5. The van der Waals surface area contributed by atoms with Crippen LogP contribution in [0.4, 0.5) is 0 Å². The number of ether oxygens (including phenoxy) is 1. The lowest BCUT2D eigenvalue weighted by Crippen LogP contribution is -2.13. The van der Waals surface area contributed by atoms with Gasteiger partial charge in [0.25, 0.3) is 0 Å². The second kappa shape index (κ2) is 8.05.